The Morgan fingerprint density at radius 1 is 0.677 bits per heavy atom. The van der Waals surface area contributed by atoms with Crippen molar-refractivity contribution < 1.29 is 0 Å². The van der Waals surface area contributed by atoms with Crippen LogP contribution in [-0.2, 0) is 0 Å². The van der Waals surface area contributed by atoms with Crippen LogP contribution < -0.4 is 4.90 Å². The summed E-state index contributed by atoms with van der Waals surface area (Å²) in [5.41, 5.74) is 8.06. The average Bonchev–Trinajstić information content (AvgIpc) is 2.83. The van der Waals surface area contributed by atoms with E-state index in [4.69, 9.17) is 0 Å². The Kier molecular flexibility index (Phi) is 6.49. The predicted octanol–water partition coefficient (Wildman–Crippen LogP) is 9.18. The van der Waals surface area contributed by atoms with Gasteiger partial charge < -0.3 is 4.90 Å². The number of allylic oxidation sites excluding steroid dienone is 3. The predicted molar refractivity (Wildman–Crippen MR) is 138 cm³/mol. The molecule has 1 nitrogen and oxygen atoms in total. The minimum Gasteiger partial charge on any atom is -0.311 e. The monoisotopic (exact) mass is 465 g/mol. The largest absolute Gasteiger partial charge is 0.311 e. The number of anilines is 3. The lowest BCUT2D eigenvalue weighted by atomic mass is 10.0. The number of benzene rings is 4. The second kappa shape index (κ2) is 9.63. The molecule has 0 saturated carbocycles. The number of rotatable bonds is 6. The third-order valence-corrected chi connectivity index (χ3v) is 5.84. The van der Waals surface area contributed by atoms with Crippen LogP contribution in [0.3, 0.4) is 0 Å². The Morgan fingerprint density at radius 3 is 1.68 bits per heavy atom. The fourth-order valence-corrected chi connectivity index (χ4v) is 3.94. The third kappa shape index (κ3) is 4.70. The normalized spacial score (nSPS) is 11.2. The van der Waals surface area contributed by atoms with E-state index in [9.17, 15) is 0 Å². The molecule has 0 aliphatic carbocycles. The molecule has 0 heterocycles. The molecule has 4 rings (SSSR count). The SMILES string of the molecule is C=C/C(=C\C)c1ccc(N(c2ccc(Br)cc2)c2ccc(-c3ccccc3)cc2)cc1. The Labute approximate surface area is 193 Å². The first-order valence-corrected chi connectivity index (χ1v) is 11.1. The van der Waals surface area contributed by atoms with Gasteiger partial charge in [0, 0.05) is 21.5 Å². The standard InChI is InChI=1S/C29H24BrN/c1-3-22(4-2)24-10-16-27(17-11-24)31(29-20-14-26(30)15-21-29)28-18-12-25(13-19-28)23-8-6-5-7-9-23/h3-21H,1H2,2H3/b22-4+. The second-order valence-electron chi connectivity index (χ2n) is 7.22. The van der Waals surface area contributed by atoms with Crippen molar-refractivity contribution in [1.82, 2.24) is 0 Å². The molecule has 0 N–H and O–H groups in total. The van der Waals surface area contributed by atoms with Crippen LogP contribution in [-0.4, -0.2) is 0 Å². The van der Waals surface area contributed by atoms with Crippen molar-refractivity contribution in [3.63, 3.8) is 0 Å². The summed E-state index contributed by atoms with van der Waals surface area (Å²) in [5.74, 6) is 0. The summed E-state index contributed by atoms with van der Waals surface area (Å²) in [6.45, 7) is 5.95. The van der Waals surface area contributed by atoms with Gasteiger partial charge in [-0.3, -0.25) is 0 Å². The van der Waals surface area contributed by atoms with Crippen molar-refractivity contribution in [2.24, 2.45) is 0 Å². The van der Waals surface area contributed by atoms with Gasteiger partial charge in [-0.2, -0.15) is 0 Å². The molecular weight excluding hydrogens is 442 g/mol. The molecule has 0 aromatic heterocycles. The number of hydrogen-bond donors (Lipinski definition) is 0. The molecule has 0 amide bonds. The van der Waals surface area contributed by atoms with Crippen molar-refractivity contribution in [2.75, 3.05) is 4.90 Å². The van der Waals surface area contributed by atoms with Crippen molar-refractivity contribution in [3.05, 3.63) is 132 Å². The maximum absolute atomic E-state index is 3.92. The summed E-state index contributed by atoms with van der Waals surface area (Å²) < 4.78 is 1.06. The zero-order chi connectivity index (χ0) is 21.6. The molecule has 0 spiro atoms. The summed E-state index contributed by atoms with van der Waals surface area (Å²) in [5, 5.41) is 0. The minimum absolute atomic E-state index is 1.06. The van der Waals surface area contributed by atoms with Crippen LogP contribution in [0, 0.1) is 0 Å². The van der Waals surface area contributed by atoms with Crippen molar-refractivity contribution in [1.29, 1.82) is 0 Å². The van der Waals surface area contributed by atoms with Crippen molar-refractivity contribution in [3.8, 4) is 11.1 Å². The molecule has 0 aliphatic heterocycles. The molecule has 31 heavy (non-hydrogen) atoms. The van der Waals surface area contributed by atoms with Gasteiger partial charge in [-0.05, 0) is 77.7 Å². The average molecular weight is 466 g/mol. The highest BCUT2D eigenvalue weighted by atomic mass is 79.9. The quantitative estimate of drug-likeness (QED) is 0.256. The van der Waals surface area contributed by atoms with Crippen LogP contribution in [0.4, 0.5) is 17.1 Å². The van der Waals surface area contributed by atoms with E-state index >= 15 is 0 Å². The zero-order valence-electron chi connectivity index (χ0n) is 17.5. The van der Waals surface area contributed by atoms with Crippen LogP contribution >= 0.6 is 15.9 Å². The van der Waals surface area contributed by atoms with Gasteiger partial charge >= 0.3 is 0 Å². The van der Waals surface area contributed by atoms with Gasteiger partial charge in [0.2, 0.25) is 0 Å². The van der Waals surface area contributed by atoms with E-state index in [-0.39, 0.29) is 0 Å². The molecule has 0 atom stereocenters. The minimum atomic E-state index is 1.06. The molecule has 0 unspecified atom stereocenters. The van der Waals surface area contributed by atoms with Crippen LogP contribution in [0.2, 0.25) is 0 Å². The summed E-state index contributed by atoms with van der Waals surface area (Å²) in [6, 6.07) is 36.2. The first-order valence-electron chi connectivity index (χ1n) is 10.3. The number of halogens is 1. The molecule has 0 bridgehead atoms. The van der Waals surface area contributed by atoms with E-state index in [1.54, 1.807) is 0 Å². The second-order valence-corrected chi connectivity index (χ2v) is 8.14. The lowest BCUT2D eigenvalue weighted by Gasteiger charge is -2.26. The Hall–Kier alpha value is -3.36. The van der Waals surface area contributed by atoms with Gasteiger partial charge in [0.25, 0.3) is 0 Å². The molecule has 152 valence electrons. The van der Waals surface area contributed by atoms with E-state index in [0.29, 0.717) is 0 Å². The highest BCUT2D eigenvalue weighted by molar-refractivity contribution is 9.10. The van der Waals surface area contributed by atoms with Gasteiger partial charge in [-0.25, -0.2) is 0 Å². The van der Waals surface area contributed by atoms with E-state index in [2.05, 4.69) is 131 Å². The molecule has 2 heteroatoms. The maximum Gasteiger partial charge on any atom is 0.0462 e. The first kappa shape index (κ1) is 20.9. The van der Waals surface area contributed by atoms with Gasteiger partial charge in [0.15, 0.2) is 0 Å². The highest BCUT2D eigenvalue weighted by Gasteiger charge is 2.13. The Balaban J connectivity index is 1.75. The molecular formula is C29H24BrN. The van der Waals surface area contributed by atoms with Crippen LogP contribution in [0.5, 0.6) is 0 Å². The van der Waals surface area contributed by atoms with Gasteiger partial charge in [0.1, 0.15) is 0 Å². The van der Waals surface area contributed by atoms with E-state index in [1.807, 2.05) is 19.1 Å². The highest BCUT2D eigenvalue weighted by Crippen LogP contribution is 2.36. The smallest absolute Gasteiger partial charge is 0.0462 e. The van der Waals surface area contributed by atoms with E-state index < -0.39 is 0 Å². The number of nitrogens with zero attached hydrogens (tertiary/aromatic N) is 1. The van der Waals surface area contributed by atoms with E-state index in [1.165, 1.54) is 11.1 Å². The zero-order valence-corrected chi connectivity index (χ0v) is 19.1. The first-order chi connectivity index (χ1) is 15.2. The fourth-order valence-electron chi connectivity index (χ4n) is 3.68. The Bertz CT molecular complexity index is 1170. The third-order valence-electron chi connectivity index (χ3n) is 5.31. The van der Waals surface area contributed by atoms with Crippen molar-refractivity contribution >= 4 is 38.6 Å². The topological polar surface area (TPSA) is 3.24 Å². The van der Waals surface area contributed by atoms with Gasteiger partial charge in [0.05, 0.1) is 0 Å². The Morgan fingerprint density at radius 2 is 1.16 bits per heavy atom. The summed E-state index contributed by atoms with van der Waals surface area (Å²) in [4.78, 5) is 2.27. The fraction of sp³-hybridized carbons (Fsp3) is 0.0345. The lowest BCUT2D eigenvalue weighted by Crippen LogP contribution is -2.09. The van der Waals surface area contributed by atoms with Crippen LogP contribution in [0.1, 0.15) is 12.5 Å². The molecule has 0 aliphatic rings. The molecule has 0 fully saturated rings. The molecule has 0 radical (unpaired) electrons. The van der Waals surface area contributed by atoms with Gasteiger partial charge in [-0.1, -0.05) is 89.3 Å². The van der Waals surface area contributed by atoms with Crippen LogP contribution in [0.25, 0.3) is 16.7 Å². The lowest BCUT2D eigenvalue weighted by molar-refractivity contribution is 1.28. The summed E-state index contributed by atoms with van der Waals surface area (Å²) in [6.07, 6.45) is 3.97. The maximum atomic E-state index is 3.92. The molecule has 0 saturated heterocycles. The number of hydrogen-bond acceptors (Lipinski definition) is 1. The summed E-state index contributed by atoms with van der Waals surface area (Å²) >= 11 is 3.55. The molecule has 4 aromatic carbocycles. The van der Waals surface area contributed by atoms with Crippen LogP contribution in [0.15, 0.2) is 126 Å². The van der Waals surface area contributed by atoms with Crippen molar-refractivity contribution in [2.45, 2.75) is 6.92 Å². The summed E-state index contributed by atoms with van der Waals surface area (Å²) in [7, 11) is 0. The van der Waals surface area contributed by atoms with E-state index in [0.717, 1.165) is 32.7 Å². The van der Waals surface area contributed by atoms with Gasteiger partial charge in [-0.15, -0.1) is 0 Å². The molecule has 4 aromatic rings.